The number of rotatable bonds is 12. The first kappa shape index (κ1) is 41.2. The van der Waals surface area contributed by atoms with E-state index in [0.29, 0.717) is 24.1 Å². The van der Waals surface area contributed by atoms with Crippen molar-refractivity contribution in [2.45, 2.75) is 44.2 Å². The summed E-state index contributed by atoms with van der Waals surface area (Å²) in [5.74, 6) is -10.3. The van der Waals surface area contributed by atoms with Crippen LogP contribution in [0.5, 0.6) is 5.75 Å². The molecule has 2 aromatic carbocycles. The summed E-state index contributed by atoms with van der Waals surface area (Å²) in [5, 5.41) is 48.6. The van der Waals surface area contributed by atoms with Crippen molar-refractivity contribution in [3.8, 4) is 5.75 Å². The summed E-state index contributed by atoms with van der Waals surface area (Å²) in [6, 6.07) is 4.78. The number of nitrogens with one attached hydrogen (secondary N) is 1. The van der Waals surface area contributed by atoms with Crippen molar-refractivity contribution >= 4 is 46.8 Å². The highest BCUT2D eigenvalue weighted by Crippen LogP contribution is 2.54. The number of hydrogen-bond donors (Lipinski definition) is 6. The number of Topliss-reactive ketones (excluding diaryl/α,β-unsaturated/α-hetero) is 2. The van der Waals surface area contributed by atoms with Gasteiger partial charge in [-0.15, -0.1) is 0 Å². The number of amides is 3. The minimum Gasteiger partial charge on any atom is -0.510 e. The van der Waals surface area contributed by atoms with E-state index in [-0.39, 0.29) is 41.8 Å². The topological polar surface area (TPSA) is 250 Å². The lowest BCUT2D eigenvalue weighted by molar-refractivity contribution is -0.148. The summed E-state index contributed by atoms with van der Waals surface area (Å²) in [6.07, 6.45) is 0.00641. The largest absolute Gasteiger partial charge is 0.510 e. The van der Waals surface area contributed by atoms with Gasteiger partial charge in [0.15, 0.2) is 17.1 Å². The third kappa shape index (κ3) is 7.36. The number of phenols is 1. The average Bonchev–Trinajstić information content (AvgIpc) is 3.12. The van der Waals surface area contributed by atoms with Crippen molar-refractivity contribution in [1.29, 1.82) is 0 Å². The number of halogens is 1. The van der Waals surface area contributed by atoms with Crippen LogP contribution in [0.1, 0.15) is 52.5 Å². The second-order valence-electron chi connectivity index (χ2n) is 14.3. The maximum absolute atomic E-state index is 14.3. The third-order valence-electron chi connectivity index (χ3n) is 10.3. The number of hydrogen-bond acceptors (Lipinski definition) is 14. The van der Waals surface area contributed by atoms with Crippen LogP contribution < -0.4 is 16.0 Å². The van der Waals surface area contributed by atoms with Gasteiger partial charge in [0.25, 0.3) is 5.91 Å². The molecule has 0 saturated heterocycles. The van der Waals surface area contributed by atoms with E-state index in [2.05, 4.69) is 5.32 Å². The molecule has 0 aliphatic heterocycles. The van der Waals surface area contributed by atoms with Gasteiger partial charge >= 0.3 is 12.1 Å². The fourth-order valence-electron chi connectivity index (χ4n) is 7.63. The zero-order chi connectivity index (χ0) is 41.4. The molecule has 17 nitrogen and oxygen atoms in total. The molecular weight excluding hydrogens is 737 g/mol. The zero-order valence-electron chi connectivity index (χ0n) is 31.4. The van der Waals surface area contributed by atoms with Crippen LogP contribution in [0.15, 0.2) is 53.0 Å². The molecule has 0 fully saturated rings. The predicted molar refractivity (Wildman–Crippen MR) is 196 cm³/mol. The fraction of sp³-hybridized carbons (Fsp3) is 0.421. The van der Waals surface area contributed by atoms with Crippen molar-refractivity contribution in [2.75, 3.05) is 58.3 Å². The van der Waals surface area contributed by atoms with E-state index in [4.69, 9.17) is 15.2 Å². The Labute approximate surface area is 320 Å². The standard InChI is InChI=1S/C38H44FN5O12/c1-6-7-12-44(37(53)56-17-55-36(52)18-8-10-20(39)11-9-18)16-25(45)41-23-15-24(42(2)3)21-13-19-14-22-29(43(4)5)32(48)28(35(40)51)34(50)38(22,54)33(49)26(19)31(47)27(21)30(23)46/h8-11,15,19,22,29,46,48-49,54H,6-7,12-14,16-17H2,1-5H3,(H2,40,51)(H,41,45)/t19-,22-,29-,38-/m0/s1. The summed E-state index contributed by atoms with van der Waals surface area (Å²) in [4.78, 5) is 83.0. The van der Waals surface area contributed by atoms with Crippen LogP contribution in [0.3, 0.4) is 0 Å². The third-order valence-corrected chi connectivity index (χ3v) is 10.3. The molecule has 0 aromatic heterocycles. The molecule has 56 heavy (non-hydrogen) atoms. The summed E-state index contributed by atoms with van der Waals surface area (Å²) in [5.41, 5.74) is 1.48. The van der Waals surface area contributed by atoms with Crippen LogP contribution in [-0.2, 0) is 30.3 Å². The first-order chi connectivity index (χ1) is 26.3. The van der Waals surface area contributed by atoms with Crippen molar-refractivity contribution in [3.63, 3.8) is 0 Å². The van der Waals surface area contributed by atoms with E-state index in [1.165, 1.54) is 37.2 Å². The van der Waals surface area contributed by atoms with Crippen LogP contribution in [0.4, 0.5) is 20.6 Å². The fourth-order valence-corrected chi connectivity index (χ4v) is 7.63. The summed E-state index contributed by atoms with van der Waals surface area (Å²) < 4.78 is 23.2. The van der Waals surface area contributed by atoms with Crippen molar-refractivity contribution in [2.24, 2.45) is 17.6 Å². The number of ketones is 2. The minimum atomic E-state index is -2.83. The highest BCUT2D eigenvalue weighted by Gasteiger charge is 2.63. The number of carbonyl (C=O) groups excluding carboxylic acids is 6. The maximum Gasteiger partial charge on any atom is 0.413 e. The summed E-state index contributed by atoms with van der Waals surface area (Å²) >= 11 is 0. The molecule has 7 N–H and O–H groups in total. The van der Waals surface area contributed by atoms with Crippen LogP contribution >= 0.6 is 0 Å². The average molecular weight is 782 g/mol. The van der Waals surface area contributed by atoms with Crippen LogP contribution in [-0.4, -0.2) is 125 Å². The number of benzene rings is 2. The minimum absolute atomic E-state index is 0.0192. The number of carbonyl (C=O) groups is 6. The number of phenolic OH excluding ortho intramolecular Hbond substituents is 1. The van der Waals surface area contributed by atoms with Gasteiger partial charge in [-0.3, -0.25) is 29.0 Å². The molecular formula is C38H44FN5O12. The Kier molecular flexibility index (Phi) is 11.8. The molecule has 0 bridgehead atoms. The number of aliphatic hydroxyl groups excluding tert-OH is 2. The Balaban J connectivity index is 1.42. The lowest BCUT2D eigenvalue weighted by atomic mass is 9.58. The number of unbranched alkanes of at least 4 members (excludes halogenated alkanes) is 1. The van der Waals surface area contributed by atoms with E-state index >= 15 is 0 Å². The number of fused-ring (bicyclic) bond motifs is 3. The Bertz CT molecular complexity index is 2050. The van der Waals surface area contributed by atoms with E-state index in [1.54, 1.807) is 19.0 Å². The first-order valence-electron chi connectivity index (χ1n) is 17.7. The van der Waals surface area contributed by atoms with E-state index in [1.807, 2.05) is 6.92 Å². The molecule has 0 radical (unpaired) electrons. The Morgan fingerprint density at radius 2 is 1.70 bits per heavy atom. The number of ether oxygens (including phenoxy) is 2. The number of nitrogens with two attached hydrogens (primary N) is 1. The van der Waals surface area contributed by atoms with E-state index in [9.17, 15) is 53.6 Å². The van der Waals surface area contributed by atoms with Crippen LogP contribution in [0.2, 0.25) is 0 Å². The van der Waals surface area contributed by atoms with Crippen molar-refractivity contribution in [3.05, 3.63) is 75.5 Å². The molecule has 0 spiro atoms. The molecule has 0 heterocycles. The highest BCUT2D eigenvalue weighted by molar-refractivity contribution is 6.25. The van der Waals surface area contributed by atoms with Gasteiger partial charge in [0, 0.05) is 37.8 Å². The van der Waals surface area contributed by atoms with Crippen LogP contribution in [0.25, 0.3) is 0 Å². The number of primary amides is 1. The number of esters is 1. The quantitative estimate of drug-likeness (QED) is 0.0783. The second kappa shape index (κ2) is 16.0. The molecule has 4 atom stereocenters. The van der Waals surface area contributed by atoms with Gasteiger partial charge in [-0.2, -0.15) is 0 Å². The summed E-state index contributed by atoms with van der Waals surface area (Å²) in [7, 11) is 6.39. The highest BCUT2D eigenvalue weighted by atomic mass is 19.1. The number of nitrogens with zero attached hydrogens (tertiary/aromatic N) is 3. The molecule has 5 rings (SSSR count). The molecule has 0 saturated carbocycles. The first-order valence-corrected chi connectivity index (χ1v) is 17.7. The second-order valence-corrected chi connectivity index (χ2v) is 14.3. The van der Waals surface area contributed by atoms with Gasteiger partial charge in [-0.1, -0.05) is 13.3 Å². The van der Waals surface area contributed by atoms with Crippen LogP contribution in [0, 0.1) is 17.7 Å². The Morgan fingerprint density at radius 1 is 1.04 bits per heavy atom. The lowest BCUT2D eigenvalue weighted by Crippen LogP contribution is -2.63. The van der Waals surface area contributed by atoms with Crippen molar-refractivity contribution < 1.29 is 63.1 Å². The van der Waals surface area contributed by atoms with Crippen molar-refractivity contribution in [1.82, 2.24) is 9.80 Å². The SMILES string of the molecule is CCCCN(CC(=O)Nc1cc(N(C)C)c2c(c1O)C(=O)C1=C(O)[C@]3(O)C(=O)C(C(N)=O)=C(O)[C@@H](N(C)C)[C@@H]3C[C@@H]1C2)C(=O)OCOC(=O)c1ccc(F)cc1. The van der Waals surface area contributed by atoms with Gasteiger partial charge < -0.3 is 45.9 Å². The molecule has 300 valence electrons. The normalized spacial score (nSPS) is 21.5. The van der Waals surface area contributed by atoms with Gasteiger partial charge in [0.2, 0.25) is 18.5 Å². The van der Waals surface area contributed by atoms with Gasteiger partial charge in [-0.25, -0.2) is 14.0 Å². The maximum atomic E-state index is 14.3. The summed E-state index contributed by atoms with van der Waals surface area (Å²) in [6.45, 7) is 0.515. The Morgan fingerprint density at radius 3 is 2.29 bits per heavy atom. The zero-order valence-corrected chi connectivity index (χ0v) is 31.4. The molecule has 3 amide bonds. The van der Waals surface area contributed by atoms with E-state index in [0.717, 1.165) is 17.0 Å². The number of aliphatic hydroxyl groups is 3. The monoisotopic (exact) mass is 781 g/mol. The van der Waals surface area contributed by atoms with Gasteiger partial charge in [-0.05, 0) is 75.2 Å². The number of anilines is 2. The molecule has 3 aliphatic rings. The van der Waals surface area contributed by atoms with E-state index < -0.39 is 101 Å². The molecule has 2 aromatic rings. The molecule has 18 heteroatoms. The number of aromatic hydroxyl groups is 1. The number of allylic oxidation sites excluding steroid dienone is 1. The number of likely N-dealkylation sites (N-methyl/N-ethyl adjacent to an activating group) is 1. The Hall–Kier alpha value is -6.01. The molecule has 3 aliphatic carbocycles. The lowest BCUT2D eigenvalue weighted by Gasteiger charge is -2.50. The smallest absolute Gasteiger partial charge is 0.413 e. The van der Waals surface area contributed by atoms with Gasteiger partial charge in [0.1, 0.15) is 29.5 Å². The predicted octanol–water partition coefficient (Wildman–Crippen LogP) is 2.32. The molecule has 0 unspecified atom stereocenters. The van der Waals surface area contributed by atoms with Gasteiger partial charge in [0.05, 0.1) is 22.9 Å².